The van der Waals surface area contributed by atoms with Gasteiger partial charge in [0, 0.05) is 18.0 Å². The highest BCUT2D eigenvalue weighted by Gasteiger charge is 1.94. The molecular formula is C9H10N2. The molecule has 2 heteroatoms. The van der Waals surface area contributed by atoms with E-state index in [0.29, 0.717) is 0 Å². The van der Waals surface area contributed by atoms with E-state index in [1.54, 1.807) is 18.4 Å². The first-order valence-corrected chi connectivity index (χ1v) is 3.33. The number of rotatable bonds is 3. The van der Waals surface area contributed by atoms with Crippen molar-refractivity contribution >= 4 is 18.1 Å². The number of allylic oxidation sites excluding steroid dienone is 1. The van der Waals surface area contributed by atoms with Crippen molar-refractivity contribution in [3.8, 4) is 0 Å². The average Bonchev–Trinajstić information content (AvgIpc) is 2.47. The van der Waals surface area contributed by atoms with Gasteiger partial charge in [0.05, 0.1) is 0 Å². The predicted octanol–water partition coefficient (Wildman–Crippen LogP) is 2.55. The molecule has 1 rings (SSSR count). The van der Waals surface area contributed by atoms with E-state index in [4.69, 9.17) is 0 Å². The molecule has 11 heavy (non-hydrogen) atoms. The Morgan fingerprint density at radius 2 is 2.27 bits per heavy atom. The summed E-state index contributed by atoms with van der Waals surface area (Å²) in [6.45, 7) is 7.18. The molecule has 0 aliphatic carbocycles. The number of aliphatic imine (C=N–C) groups is 1. The normalized spacial score (nSPS) is 10.2. The van der Waals surface area contributed by atoms with E-state index in [9.17, 15) is 0 Å². The molecule has 1 aromatic heterocycles. The van der Waals surface area contributed by atoms with Crippen molar-refractivity contribution in [3.05, 3.63) is 37.1 Å². The third kappa shape index (κ3) is 1.67. The fourth-order valence-electron chi connectivity index (χ4n) is 0.776. The zero-order valence-corrected chi connectivity index (χ0v) is 6.25. The molecule has 0 unspecified atom stereocenters. The number of aromatic nitrogens is 1. The molecule has 0 spiro atoms. The summed E-state index contributed by atoms with van der Waals surface area (Å²) in [6.07, 6.45) is 6.85. The minimum absolute atomic E-state index is 0.819. The molecule has 1 heterocycles. The highest BCUT2D eigenvalue weighted by atomic mass is 14.9. The first-order valence-electron chi connectivity index (χ1n) is 3.33. The second kappa shape index (κ2) is 3.56. The van der Waals surface area contributed by atoms with E-state index in [1.165, 1.54) is 0 Å². The number of aromatic amines is 1. The van der Waals surface area contributed by atoms with E-state index in [-0.39, 0.29) is 0 Å². The number of nitrogens with one attached hydrogen (secondary N) is 1. The number of hydrogen-bond donors (Lipinski definition) is 1. The van der Waals surface area contributed by atoms with Gasteiger partial charge in [-0.05, 0) is 6.07 Å². The second-order valence-corrected chi connectivity index (χ2v) is 2.00. The molecule has 0 aliphatic rings. The zero-order valence-electron chi connectivity index (χ0n) is 6.25. The Morgan fingerprint density at radius 3 is 2.91 bits per heavy atom. The van der Waals surface area contributed by atoms with Crippen LogP contribution in [0.3, 0.4) is 0 Å². The molecule has 0 atom stereocenters. The fraction of sp³-hybridized carbons (Fsp3) is 0. The number of H-pyrrole nitrogens is 1. The lowest BCUT2D eigenvalue weighted by atomic mass is 10.3. The first-order chi connectivity index (χ1) is 5.38. The van der Waals surface area contributed by atoms with Crippen molar-refractivity contribution < 1.29 is 0 Å². The van der Waals surface area contributed by atoms with E-state index in [2.05, 4.69) is 23.1 Å². The Labute approximate surface area is 66.0 Å². The summed E-state index contributed by atoms with van der Waals surface area (Å²) >= 11 is 0. The third-order valence-electron chi connectivity index (χ3n) is 1.29. The molecule has 0 radical (unpaired) electrons. The van der Waals surface area contributed by atoms with Gasteiger partial charge in [0.1, 0.15) is 5.82 Å². The molecule has 1 aromatic rings. The number of nitrogens with zero attached hydrogens (tertiary/aromatic N) is 1. The van der Waals surface area contributed by atoms with Crippen LogP contribution in [-0.2, 0) is 0 Å². The van der Waals surface area contributed by atoms with Crippen LogP contribution in [0.25, 0.3) is 6.08 Å². The maximum Gasteiger partial charge on any atom is 0.137 e. The van der Waals surface area contributed by atoms with E-state index < -0.39 is 0 Å². The Morgan fingerprint density at radius 1 is 1.45 bits per heavy atom. The summed E-state index contributed by atoms with van der Waals surface area (Å²) in [5.41, 5.74) is 1.00. The highest BCUT2D eigenvalue weighted by molar-refractivity contribution is 5.75. The lowest BCUT2D eigenvalue weighted by Crippen LogP contribution is -1.68. The summed E-state index contributed by atoms with van der Waals surface area (Å²) in [4.78, 5) is 7.06. The Kier molecular flexibility index (Phi) is 2.44. The van der Waals surface area contributed by atoms with Crippen molar-refractivity contribution in [1.29, 1.82) is 0 Å². The van der Waals surface area contributed by atoms with Crippen molar-refractivity contribution in [1.82, 2.24) is 4.98 Å². The second-order valence-electron chi connectivity index (χ2n) is 2.00. The maximum absolute atomic E-state index is 4.09. The number of hydrogen-bond acceptors (Lipinski definition) is 1. The molecule has 2 nitrogen and oxygen atoms in total. The topological polar surface area (TPSA) is 28.1 Å². The van der Waals surface area contributed by atoms with Gasteiger partial charge in [0.15, 0.2) is 0 Å². The molecule has 0 fully saturated rings. The minimum Gasteiger partial charge on any atom is -0.346 e. The Balaban J connectivity index is 2.92. The van der Waals surface area contributed by atoms with Crippen LogP contribution in [0.1, 0.15) is 5.56 Å². The lowest BCUT2D eigenvalue weighted by molar-refractivity contribution is 1.34. The van der Waals surface area contributed by atoms with Gasteiger partial charge >= 0.3 is 0 Å². The van der Waals surface area contributed by atoms with Crippen LogP contribution in [-0.4, -0.2) is 11.2 Å². The van der Waals surface area contributed by atoms with Crippen LogP contribution in [0.15, 0.2) is 36.5 Å². The summed E-state index contributed by atoms with van der Waals surface area (Å²) in [6, 6.07) is 1.92. The fourth-order valence-corrected chi connectivity index (χ4v) is 0.776. The van der Waals surface area contributed by atoms with Gasteiger partial charge in [-0.15, -0.1) is 0 Å². The SMILES string of the molecule is C=C/C=N\c1[nH]ccc1C=C. The average molecular weight is 146 g/mol. The quantitative estimate of drug-likeness (QED) is 0.635. The van der Waals surface area contributed by atoms with Crippen LogP contribution < -0.4 is 0 Å². The zero-order chi connectivity index (χ0) is 8.10. The monoisotopic (exact) mass is 146 g/mol. The lowest BCUT2D eigenvalue weighted by Gasteiger charge is -1.87. The summed E-state index contributed by atoms with van der Waals surface area (Å²) in [7, 11) is 0. The van der Waals surface area contributed by atoms with Crippen molar-refractivity contribution in [2.75, 3.05) is 0 Å². The molecule has 0 saturated carbocycles. The Hall–Kier alpha value is -1.57. The Bertz CT molecular complexity index is 282. The van der Waals surface area contributed by atoms with Gasteiger partial charge in [-0.2, -0.15) is 0 Å². The molecule has 0 bridgehead atoms. The molecule has 0 saturated heterocycles. The summed E-state index contributed by atoms with van der Waals surface area (Å²) in [5.74, 6) is 0.819. The van der Waals surface area contributed by atoms with Crippen LogP contribution in [0.5, 0.6) is 0 Å². The van der Waals surface area contributed by atoms with Crippen LogP contribution in [0.2, 0.25) is 0 Å². The highest BCUT2D eigenvalue weighted by Crippen LogP contribution is 2.16. The predicted molar refractivity (Wildman–Crippen MR) is 49.2 cm³/mol. The van der Waals surface area contributed by atoms with Crippen molar-refractivity contribution in [2.45, 2.75) is 0 Å². The van der Waals surface area contributed by atoms with Gasteiger partial charge in [0.2, 0.25) is 0 Å². The molecule has 0 aliphatic heterocycles. The summed E-state index contributed by atoms with van der Waals surface area (Å²) < 4.78 is 0. The van der Waals surface area contributed by atoms with Crippen molar-refractivity contribution in [3.63, 3.8) is 0 Å². The van der Waals surface area contributed by atoms with Gasteiger partial charge < -0.3 is 4.98 Å². The molecular weight excluding hydrogens is 136 g/mol. The molecule has 1 N–H and O–H groups in total. The van der Waals surface area contributed by atoms with Gasteiger partial charge in [-0.25, -0.2) is 4.99 Å². The smallest absolute Gasteiger partial charge is 0.137 e. The standard InChI is InChI=1S/C9H10N2/c1-3-6-10-9-8(4-2)5-7-11-9/h3-7,11H,1-2H2/b10-6-. The van der Waals surface area contributed by atoms with Crippen LogP contribution in [0, 0.1) is 0 Å². The van der Waals surface area contributed by atoms with Crippen LogP contribution >= 0.6 is 0 Å². The van der Waals surface area contributed by atoms with E-state index in [1.807, 2.05) is 12.3 Å². The van der Waals surface area contributed by atoms with Crippen LogP contribution in [0.4, 0.5) is 5.82 Å². The van der Waals surface area contributed by atoms with Crippen molar-refractivity contribution in [2.24, 2.45) is 4.99 Å². The van der Waals surface area contributed by atoms with E-state index in [0.717, 1.165) is 11.4 Å². The maximum atomic E-state index is 4.09. The molecule has 0 aromatic carbocycles. The van der Waals surface area contributed by atoms with E-state index >= 15 is 0 Å². The minimum atomic E-state index is 0.819. The molecule has 56 valence electrons. The third-order valence-corrected chi connectivity index (χ3v) is 1.29. The summed E-state index contributed by atoms with van der Waals surface area (Å²) in [5, 5.41) is 0. The van der Waals surface area contributed by atoms with Gasteiger partial charge in [-0.1, -0.05) is 25.3 Å². The molecule has 0 amide bonds. The first kappa shape index (κ1) is 7.54. The van der Waals surface area contributed by atoms with Gasteiger partial charge in [-0.3, -0.25) is 0 Å². The van der Waals surface area contributed by atoms with Gasteiger partial charge in [0.25, 0.3) is 0 Å². The largest absolute Gasteiger partial charge is 0.346 e.